The zero-order valence-corrected chi connectivity index (χ0v) is 28.6. The average Bonchev–Trinajstić information content (AvgIpc) is 2.99. The largest absolute Gasteiger partial charge is 0.493 e. The van der Waals surface area contributed by atoms with Gasteiger partial charge in [0, 0.05) is 26.1 Å². The number of halogens is 1. The fourth-order valence-electron chi connectivity index (χ4n) is 6.12. The summed E-state index contributed by atoms with van der Waals surface area (Å²) < 4.78 is 37.6. The van der Waals surface area contributed by atoms with Crippen LogP contribution in [0.25, 0.3) is 0 Å². The molecule has 2 N–H and O–H groups in total. The minimum Gasteiger partial charge on any atom is -0.493 e. The summed E-state index contributed by atoms with van der Waals surface area (Å²) in [7, 11) is 0.435. The van der Waals surface area contributed by atoms with Crippen LogP contribution in [0.15, 0.2) is 58.5 Å². The van der Waals surface area contributed by atoms with Crippen molar-refractivity contribution in [1.82, 2.24) is 14.9 Å². The molecule has 0 radical (unpaired) electrons. The van der Waals surface area contributed by atoms with E-state index in [1.807, 2.05) is 13.8 Å². The van der Waals surface area contributed by atoms with Gasteiger partial charge in [0.2, 0.25) is 5.95 Å². The Morgan fingerprint density at radius 3 is 2.45 bits per heavy atom. The predicted octanol–water partition coefficient (Wildman–Crippen LogP) is 7.21. The maximum Gasteiger partial charge on any atom is 0.229 e. The van der Waals surface area contributed by atoms with Crippen molar-refractivity contribution < 1.29 is 17.9 Å². The Kier molecular flexibility index (Phi) is 11.7. The van der Waals surface area contributed by atoms with E-state index in [1.165, 1.54) is 37.5 Å². The second kappa shape index (κ2) is 15.1. The van der Waals surface area contributed by atoms with Gasteiger partial charge in [0.25, 0.3) is 0 Å². The van der Waals surface area contributed by atoms with Gasteiger partial charge in [-0.2, -0.15) is 4.98 Å². The zero-order chi connectivity index (χ0) is 32.0. The third-order valence-corrected chi connectivity index (χ3v) is 11.2. The molecule has 2 aliphatic carbocycles. The van der Waals surface area contributed by atoms with Gasteiger partial charge in [-0.25, -0.2) is 13.4 Å². The number of para-hydroxylation sites is 1. The lowest BCUT2D eigenvalue weighted by atomic mass is 9.72. The lowest BCUT2D eigenvalue weighted by Gasteiger charge is -2.39. The van der Waals surface area contributed by atoms with E-state index in [0.717, 1.165) is 31.0 Å². The Morgan fingerprint density at radius 2 is 1.80 bits per heavy atom. The summed E-state index contributed by atoms with van der Waals surface area (Å²) in [6, 6.07) is 7.38. The van der Waals surface area contributed by atoms with Crippen molar-refractivity contribution in [2.45, 2.75) is 89.0 Å². The van der Waals surface area contributed by atoms with Crippen molar-refractivity contribution >= 4 is 38.9 Å². The van der Waals surface area contributed by atoms with Crippen molar-refractivity contribution in [3.63, 3.8) is 0 Å². The lowest BCUT2D eigenvalue weighted by molar-refractivity contribution is 0.0961. The van der Waals surface area contributed by atoms with Crippen molar-refractivity contribution in [1.29, 1.82) is 0 Å². The molecule has 1 aromatic heterocycles. The number of hydrogen-bond donors (Lipinski definition) is 2. The molecule has 2 aromatic rings. The number of aromatic nitrogens is 2. The summed E-state index contributed by atoms with van der Waals surface area (Å²) >= 11 is 6.48. The lowest BCUT2D eigenvalue weighted by Crippen LogP contribution is -2.38. The van der Waals surface area contributed by atoms with E-state index in [4.69, 9.17) is 21.1 Å². The van der Waals surface area contributed by atoms with Crippen LogP contribution in [0.1, 0.15) is 66.7 Å². The summed E-state index contributed by atoms with van der Waals surface area (Å²) in [6.45, 7) is 11.3. The van der Waals surface area contributed by atoms with Gasteiger partial charge in [0.1, 0.15) is 10.8 Å². The van der Waals surface area contributed by atoms with Gasteiger partial charge in [-0.1, -0.05) is 29.3 Å². The Balaban J connectivity index is 1.53. The molecule has 242 valence electrons. The molecular formula is C33H48ClN5O4S. The van der Waals surface area contributed by atoms with Gasteiger partial charge in [-0.15, -0.1) is 0 Å². The molecule has 1 aromatic carbocycles. The number of methoxy groups -OCH3 is 1. The number of ether oxygens (including phenoxy) is 2. The van der Waals surface area contributed by atoms with E-state index >= 15 is 0 Å². The molecule has 1 fully saturated rings. The van der Waals surface area contributed by atoms with E-state index in [1.54, 1.807) is 45.2 Å². The highest BCUT2D eigenvalue weighted by atomic mass is 35.5. The van der Waals surface area contributed by atoms with Crippen LogP contribution in [0.5, 0.6) is 0 Å². The molecule has 0 amide bonds. The summed E-state index contributed by atoms with van der Waals surface area (Å²) in [5.41, 5.74) is 2.56. The molecule has 9 nitrogen and oxygen atoms in total. The molecule has 4 rings (SSSR count). The van der Waals surface area contributed by atoms with Gasteiger partial charge in [-0.05, 0) is 97.4 Å². The summed E-state index contributed by atoms with van der Waals surface area (Å²) in [6.07, 6.45) is 9.28. The maximum atomic E-state index is 13.0. The maximum absolute atomic E-state index is 13.0. The summed E-state index contributed by atoms with van der Waals surface area (Å²) in [5, 5.41) is 6.20. The van der Waals surface area contributed by atoms with Gasteiger partial charge >= 0.3 is 0 Å². The van der Waals surface area contributed by atoms with Crippen molar-refractivity contribution in [2.75, 3.05) is 37.9 Å². The summed E-state index contributed by atoms with van der Waals surface area (Å²) in [5.74, 6) is 2.57. The molecule has 1 heterocycles. The number of allylic oxidation sites excluding steroid dienone is 3. The third kappa shape index (κ3) is 8.33. The molecule has 1 atom stereocenters. The number of anilines is 3. The number of nitrogens with zero attached hydrogens (tertiary/aromatic N) is 3. The average molecular weight is 646 g/mol. The van der Waals surface area contributed by atoms with Crippen LogP contribution in [0.3, 0.4) is 0 Å². The first kappa shape index (κ1) is 34.2. The van der Waals surface area contributed by atoms with Crippen LogP contribution in [-0.2, 0) is 19.3 Å². The highest BCUT2D eigenvalue weighted by molar-refractivity contribution is 7.92. The second-order valence-corrected chi connectivity index (χ2v) is 15.4. The number of nitrogens with one attached hydrogen (secondary N) is 2. The van der Waals surface area contributed by atoms with E-state index < -0.39 is 15.1 Å². The monoisotopic (exact) mass is 645 g/mol. The van der Waals surface area contributed by atoms with E-state index in [0.29, 0.717) is 35.3 Å². The molecule has 11 heteroatoms. The molecule has 1 saturated carbocycles. The first-order chi connectivity index (χ1) is 20.9. The minimum atomic E-state index is -3.53. The minimum absolute atomic E-state index is 0.0159. The van der Waals surface area contributed by atoms with Crippen LogP contribution in [0.4, 0.5) is 17.5 Å². The number of benzene rings is 1. The van der Waals surface area contributed by atoms with Crippen molar-refractivity contribution in [2.24, 2.45) is 11.8 Å². The third-order valence-electron chi connectivity index (χ3n) is 8.68. The SMILES string of the molecule is COCCN(C)C1CCC(C2CC(OC(C)C)=C(Nc3ncc(Cl)c(Nc4ccccc4S(=O)(=O)C(C)C)n3)C=C2C)CC1. The van der Waals surface area contributed by atoms with Crippen LogP contribution >= 0.6 is 11.6 Å². The Hall–Kier alpha value is -2.66. The Labute approximate surface area is 268 Å². The van der Waals surface area contributed by atoms with Crippen LogP contribution in [0, 0.1) is 11.8 Å². The number of likely N-dealkylation sites (N-methyl/N-ethyl adjacent to an activating group) is 1. The predicted molar refractivity (Wildman–Crippen MR) is 178 cm³/mol. The quantitative estimate of drug-likeness (QED) is 0.234. The van der Waals surface area contributed by atoms with Gasteiger partial charge in [-0.3, -0.25) is 0 Å². The van der Waals surface area contributed by atoms with Crippen LogP contribution in [-0.4, -0.2) is 68.0 Å². The molecule has 0 spiro atoms. The van der Waals surface area contributed by atoms with Gasteiger partial charge < -0.3 is 25.0 Å². The highest BCUT2D eigenvalue weighted by Gasteiger charge is 2.34. The van der Waals surface area contributed by atoms with Crippen molar-refractivity contribution in [3.05, 3.63) is 58.6 Å². The fourth-order valence-corrected chi connectivity index (χ4v) is 7.46. The first-order valence-electron chi connectivity index (χ1n) is 15.6. The number of rotatable bonds is 13. The molecule has 44 heavy (non-hydrogen) atoms. The van der Waals surface area contributed by atoms with Crippen LogP contribution < -0.4 is 10.6 Å². The Morgan fingerprint density at radius 1 is 1.09 bits per heavy atom. The molecule has 2 aliphatic rings. The van der Waals surface area contributed by atoms with E-state index in [2.05, 4.69) is 45.5 Å². The number of sulfone groups is 1. The smallest absolute Gasteiger partial charge is 0.229 e. The molecule has 0 aliphatic heterocycles. The highest BCUT2D eigenvalue weighted by Crippen LogP contribution is 2.42. The number of hydrogen-bond acceptors (Lipinski definition) is 9. The fraction of sp³-hybridized carbons (Fsp3) is 0.576. The van der Waals surface area contributed by atoms with Crippen LogP contribution in [0.2, 0.25) is 5.02 Å². The van der Waals surface area contributed by atoms with Gasteiger partial charge in [0.05, 0.1) is 40.4 Å². The van der Waals surface area contributed by atoms with E-state index in [-0.39, 0.29) is 16.0 Å². The van der Waals surface area contributed by atoms with Gasteiger partial charge in [0.15, 0.2) is 15.7 Å². The molecule has 0 saturated heterocycles. The normalized spacial score (nSPS) is 21.2. The molecule has 0 bridgehead atoms. The summed E-state index contributed by atoms with van der Waals surface area (Å²) in [4.78, 5) is 11.7. The van der Waals surface area contributed by atoms with E-state index in [9.17, 15) is 8.42 Å². The first-order valence-corrected chi connectivity index (χ1v) is 17.5. The topological polar surface area (TPSA) is 106 Å². The Bertz CT molecular complexity index is 1450. The molecular weight excluding hydrogens is 598 g/mol. The molecule has 1 unspecified atom stereocenters. The zero-order valence-electron chi connectivity index (χ0n) is 27.1. The second-order valence-electron chi connectivity index (χ2n) is 12.5. The van der Waals surface area contributed by atoms with Crippen molar-refractivity contribution in [3.8, 4) is 0 Å². The standard InChI is InChI=1S/C33H48ClN5O4S/c1-21(2)43-30-19-26(24-12-14-25(15-13-24)39(6)16-17-42-7)23(5)18-29(30)37-33-35-20-27(34)32(38-33)36-28-10-8-9-11-31(28)44(40,41)22(3)4/h8-11,18,20-22,24-26H,12-17,19H2,1-7H3,(H2,35,36,37,38).